The minimum Gasteiger partial charge on any atom is -0.490 e. The minimum absolute atomic E-state index is 0.0303. The van der Waals surface area contributed by atoms with Crippen LogP contribution in [-0.4, -0.2) is 13.2 Å². The highest BCUT2D eigenvalue weighted by molar-refractivity contribution is 9.11. The van der Waals surface area contributed by atoms with Crippen molar-refractivity contribution in [1.82, 2.24) is 0 Å². The van der Waals surface area contributed by atoms with Crippen molar-refractivity contribution in [2.45, 2.75) is 11.2 Å². The smallest absolute Gasteiger partial charge is 0.162 e. The van der Waals surface area contributed by atoms with Crippen molar-refractivity contribution in [3.05, 3.63) is 57.0 Å². The second-order valence-electron chi connectivity index (χ2n) is 4.79. The van der Waals surface area contributed by atoms with Crippen LogP contribution >= 0.6 is 43.5 Å². The van der Waals surface area contributed by atoms with Crippen LogP contribution in [0.2, 0.25) is 5.02 Å². The van der Waals surface area contributed by atoms with E-state index in [1.807, 2.05) is 36.4 Å². The summed E-state index contributed by atoms with van der Waals surface area (Å²) >= 11 is 13.4. The summed E-state index contributed by atoms with van der Waals surface area (Å²) in [5, 5.41) is 0.724. The molecular weight excluding hydrogens is 419 g/mol. The summed E-state index contributed by atoms with van der Waals surface area (Å²) in [5.74, 6) is 1.58. The Balaban J connectivity index is 2.00. The highest BCUT2D eigenvalue weighted by atomic mass is 79.9. The SMILES string of the molecule is Clc1cccc(C(Br)c2cc3c(cc2Br)OCCCO3)c1. The van der Waals surface area contributed by atoms with E-state index in [0.29, 0.717) is 13.2 Å². The van der Waals surface area contributed by atoms with Crippen LogP contribution in [0.25, 0.3) is 0 Å². The number of halogens is 3. The molecule has 0 N–H and O–H groups in total. The number of hydrogen-bond donors (Lipinski definition) is 0. The summed E-state index contributed by atoms with van der Waals surface area (Å²) in [6.45, 7) is 1.36. The van der Waals surface area contributed by atoms with E-state index in [1.165, 1.54) is 0 Å². The van der Waals surface area contributed by atoms with E-state index >= 15 is 0 Å². The Kier molecular flexibility index (Phi) is 4.77. The van der Waals surface area contributed by atoms with Crippen LogP contribution in [0, 0.1) is 0 Å². The zero-order valence-corrected chi connectivity index (χ0v) is 15.0. The van der Waals surface area contributed by atoms with E-state index in [2.05, 4.69) is 31.9 Å². The van der Waals surface area contributed by atoms with Gasteiger partial charge in [-0.25, -0.2) is 0 Å². The van der Waals surface area contributed by atoms with Gasteiger partial charge < -0.3 is 9.47 Å². The third-order valence-electron chi connectivity index (χ3n) is 3.28. The van der Waals surface area contributed by atoms with Crippen LogP contribution < -0.4 is 9.47 Å². The Hall–Kier alpha value is -0.710. The fourth-order valence-electron chi connectivity index (χ4n) is 2.24. The van der Waals surface area contributed by atoms with E-state index in [4.69, 9.17) is 21.1 Å². The van der Waals surface area contributed by atoms with E-state index in [-0.39, 0.29) is 4.83 Å². The first-order valence-corrected chi connectivity index (χ1v) is 8.72. The van der Waals surface area contributed by atoms with Gasteiger partial charge in [-0.15, -0.1) is 0 Å². The van der Waals surface area contributed by atoms with Gasteiger partial charge in [0.15, 0.2) is 11.5 Å². The first kappa shape index (κ1) is 15.2. The minimum atomic E-state index is 0.0303. The number of benzene rings is 2. The molecule has 0 saturated carbocycles. The normalized spacial score (nSPS) is 15.4. The fraction of sp³-hybridized carbons (Fsp3) is 0.250. The third-order valence-corrected chi connectivity index (χ3v) is 5.22. The quantitative estimate of drug-likeness (QED) is 0.563. The number of fused-ring (bicyclic) bond motifs is 1. The van der Waals surface area contributed by atoms with Crippen molar-refractivity contribution in [2.24, 2.45) is 0 Å². The summed E-state index contributed by atoms with van der Waals surface area (Å²) in [4.78, 5) is 0.0303. The summed E-state index contributed by atoms with van der Waals surface area (Å²) in [6.07, 6.45) is 0.896. The second-order valence-corrected chi connectivity index (χ2v) is 6.99. The lowest BCUT2D eigenvalue weighted by Gasteiger charge is -2.16. The number of rotatable bonds is 2. The molecule has 0 aliphatic carbocycles. The standard InChI is InChI=1S/C16H13Br2ClO2/c17-13-9-15-14(20-5-2-6-21-15)8-12(13)16(18)10-3-1-4-11(19)7-10/h1,3-4,7-9,16H,2,5-6H2. The van der Waals surface area contributed by atoms with Crippen molar-refractivity contribution in [2.75, 3.05) is 13.2 Å². The number of hydrogen-bond acceptors (Lipinski definition) is 2. The highest BCUT2D eigenvalue weighted by Crippen LogP contribution is 2.42. The van der Waals surface area contributed by atoms with Crippen molar-refractivity contribution in [1.29, 1.82) is 0 Å². The maximum absolute atomic E-state index is 6.08. The second kappa shape index (κ2) is 6.59. The molecule has 21 heavy (non-hydrogen) atoms. The molecule has 0 amide bonds. The summed E-state index contributed by atoms with van der Waals surface area (Å²) < 4.78 is 12.4. The van der Waals surface area contributed by atoms with Crippen molar-refractivity contribution >= 4 is 43.5 Å². The van der Waals surface area contributed by atoms with Crippen LogP contribution in [0.5, 0.6) is 11.5 Å². The molecule has 0 bridgehead atoms. The zero-order valence-electron chi connectivity index (χ0n) is 11.1. The monoisotopic (exact) mass is 430 g/mol. The van der Waals surface area contributed by atoms with Gasteiger partial charge >= 0.3 is 0 Å². The lowest BCUT2D eigenvalue weighted by atomic mass is 10.0. The van der Waals surface area contributed by atoms with E-state index in [9.17, 15) is 0 Å². The Morgan fingerprint density at radius 3 is 2.48 bits per heavy atom. The molecule has 1 aliphatic rings. The third kappa shape index (κ3) is 3.38. The zero-order chi connectivity index (χ0) is 14.8. The first-order chi connectivity index (χ1) is 10.1. The highest BCUT2D eigenvalue weighted by Gasteiger charge is 2.19. The van der Waals surface area contributed by atoms with Gasteiger partial charge in [-0.05, 0) is 35.4 Å². The Morgan fingerprint density at radius 2 is 1.76 bits per heavy atom. The van der Waals surface area contributed by atoms with Gasteiger partial charge in [0.05, 0.1) is 18.0 Å². The predicted molar refractivity (Wildman–Crippen MR) is 92.0 cm³/mol. The summed E-state index contributed by atoms with van der Waals surface area (Å²) in [6, 6.07) is 11.8. The van der Waals surface area contributed by atoms with Crippen LogP contribution in [0.15, 0.2) is 40.9 Å². The molecule has 110 valence electrons. The van der Waals surface area contributed by atoms with Crippen LogP contribution in [0.4, 0.5) is 0 Å². The molecule has 5 heteroatoms. The molecule has 2 aromatic carbocycles. The fourth-order valence-corrected chi connectivity index (χ4v) is 3.96. The predicted octanol–water partition coefficient (Wildman–Crippen LogP) is 5.75. The largest absolute Gasteiger partial charge is 0.490 e. The molecule has 3 rings (SSSR count). The van der Waals surface area contributed by atoms with Crippen molar-refractivity contribution < 1.29 is 9.47 Å². The van der Waals surface area contributed by atoms with Crippen molar-refractivity contribution in [3.63, 3.8) is 0 Å². The molecule has 1 atom stereocenters. The van der Waals surface area contributed by atoms with Crippen LogP contribution in [0.3, 0.4) is 0 Å². The molecule has 2 aromatic rings. The molecule has 0 saturated heterocycles. The number of alkyl halides is 1. The van der Waals surface area contributed by atoms with E-state index in [0.717, 1.165) is 38.5 Å². The van der Waals surface area contributed by atoms with E-state index < -0.39 is 0 Å². The molecular formula is C16H13Br2ClO2. The lowest BCUT2D eigenvalue weighted by molar-refractivity contribution is 0.297. The van der Waals surface area contributed by atoms with Gasteiger partial charge in [-0.1, -0.05) is 55.6 Å². The van der Waals surface area contributed by atoms with Gasteiger partial charge in [-0.3, -0.25) is 0 Å². The maximum atomic E-state index is 6.08. The average Bonchev–Trinajstić information content (AvgIpc) is 2.70. The average molecular weight is 433 g/mol. The molecule has 1 aliphatic heterocycles. The Bertz CT molecular complexity index is 661. The molecule has 0 fully saturated rings. The Labute approximate surface area is 145 Å². The van der Waals surface area contributed by atoms with Gasteiger partial charge in [-0.2, -0.15) is 0 Å². The molecule has 0 aromatic heterocycles. The maximum Gasteiger partial charge on any atom is 0.162 e. The first-order valence-electron chi connectivity index (χ1n) is 6.64. The Morgan fingerprint density at radius 1 is 1.05 bits per heavy atom. The van der Waals surface area contributed by atoms with Crippen LogP contribution in [-0.2, 0) is 0 Å². The topological polar surface area (TPSA) is 18.5 Å². The molecule has 1 heterocycles. The molecule has 2 nitrogen and oxygen atoms in total. The summed E-state index contributed by atoms with van der Waals surface area (Å²) in [7, 11) is 0. The van der Waals surface area contributed by atoms with Gasteiger partial charge in [0, 0.05) is 15.9 Å². The molecule has 1 unspecified atom stereocenters. The van der Waals surface area contributed by atoms with Crippen molar-refractivity contribution in [3.8, 4) is 11.5 Å². The number of ether oxygens (including phenoxy) is 2. The summed E-state index contributed by atoms with van der Waals surface area (Å²) in [5.41, 5.74) is 2.18. The van der Waals surface area contributed by atoms with Gasteiger partial charge in [0.25, 0.3) is 0 Å². The van der Waals surface area contributed by atoms with Gasteiger partial charge in [0.1, 0.15) is 0 Å². The van der Waals surface area contributed by atoms with E-state index in [1.54, 1.807) is 0 Å². The van der Waals surface area contributed by atoms with Crippen LogP contribution in [0.1, 0.15) is 22.4 Å². The molecule has 0 spiro atoms. The molecule has 0 radical (unpaired) electrons. The van der Waals surface area contributed by atoms with Gasteiger partial charge in [0.2, 0.25) is 0 Å². The lowest BCUT2D eigenvalue weighted by Crippen LogP contribution is -1.98.